The van der Waals surface area contributed by atoms with Crippen molar-refractivity contribution in [3.05, 3.63) is 125 Å². The highest BCUT2D eigenvalue weighted by atomic mass is 79.9. The Morgan fingerprint density at radius 1 is 0.973 bits per heavy atom. The molecule has 37 heavy (non-hydrogen) atoms. The fourth-order valence-electron chi connectivity index (χ4n) is 4.18. The first kappa shape index (κ1) is 25.0. The van der Waals surface area contributed by atoms with Crippen molar-refractivity contribution in [2.75, 3.05) is 0 Å². The summed E-state index contributed by atoms with van der Waals surface area (Å²) in [6.45, 7) is 4.41. The van der Waals surface area contributed by atoms with Crippen LogP contribution >= 0.6 is 31.9 Å². The zero-order valence-electron chi connectivity index (χ0n) is 20.0. The van der Waals surface area contributed by atoms with E-state index in [-0.39, 0.29) is 0 Å². The second kappa shape index (κ2) is 10.4. The number of para-hydroxylation sites is 1. The maximum absolute atomic E-state index is 12.8. The maximum Gasteiger partial charge on any atom is 0.349 e. The van der Waals surface area contributed by atoms with Crippen LogP contribution in [0.2, 0.25) is 0 Å². The molecular weight excluding hydrogens is 600 g/mol. The number of nitrogens with one attached hydrogen (secondary N) is 1. The molecule has 0 unspecified atom stereocenters. The van der Waals surface area contributed by atoms with E-state index in [1.54, 1.807) is 24.3 Å². The molecule has 0 amide bonds. The lowest BCUT2D eigenvalue weighted by Gasteiger charge is -2.12. The summed E-state index contributed by atoms with van der Waals surface area (Å²) < 4.78 is 10.9. The van der Waals surface area contributed by atoms with Gasteiger partial charge in [0.25, 0.3) is 5.56 Å². The fourth-order valence-corrected chi connectivity index (χ4v) is 5.35. The van der Waals surface area contributed by atoms with Gasteiger partial charge < -0.3 is 14.3 Å². The molecule has 0 saturated heterocycles. The van der Waals surface area contributed by atoms with Gasteiger partial charge in [0.15, 0.2) is 0 Å². The molecular formula is C28H22Br2N4O3. The number of rotatable bonds is 6. The van der Waals surface area contributed by atoms with Crippen molar-refractivity contribution in [2.24, 2.45) is 5.10 Å². The monoisotopic (exact) mass is 620 g/mol. The van der Waals surface area contributed by atoms with Crippen LogP contribution in [0.1, 0.15) is 22.5 Å². The first-order chi connectivity index (χ1) is 17.8. The lowest BCUT2D eigenvalue weighted by atomic mass is 10.2. The molecule has 0 aliphatic heterocycles. The lowest BCUT2D eigenvalue weighted by molar-refractivity contribution is 0.305. The quantitative estimate of drug-likeness (QED) is 0.233. The number of ether oxygens (including phenoxy) is 1. The molecule has 0 atom stereocenters. The number of H-pyrrole nitrogens is 1. The molecule has 7 nitrogen and oxygen atoms in total. The second-order valence-electron chi connectivity index (χ2n) is 8.52. The summed E-state index contributed by atoms with van der Waals surface area (Å²) in [5, 5.41) is 4.61. The van der Waals surface area contributed by atoms with Crippen molar-refractivity contribution in [1.82, 2.24) is 14.2 Å². The number of fused-ring (bicyclic) bond motifs is 1. The summed E-state index contributed by atoms with van der Waals surface area (Å²) in [4.78, 5) is 27.9. The van der Waals surface area contributed by atoms with Crippen LogP contribution < -0.4 is 16.0 Å². The van der Waals surface area contributed by atoms with E-state index in [0.29, 0.717) is 17.5 Å². The van der Waals surface area contributed by atoms with Crippen LogP contribution in [0.4, 0.5) is 0 Å². The van der Waals surface area contributed by atoms with Gasteiger partial charge in [-0.05, 0) is 68.4 Å². The largest absolute Gasteiger partial charge is 0.489 e. The Morgan fingerprint density at radius 2 is 1.73 bits per heavy atom. The Morgan fingerprint density at radius 3 is 2.49 bits per heavy atom. The number of halogens is 2. The topological polar surface area (TPSA) is 81.4 Å². The van der Waals surface area contributed by atoms with Gasteiger partial charge in [0.2, 0.25) is 0 Å². The molecule has 0 fully saturated rings. The first-order valence-electron chi connectivity index (χ1n) is 11.5. The minimum Gasteiger partial charge on any atom is -0.489 e. The third kappa shape index (κ3) is 5.10. The molecule has 5 rings (SSSR count). The molecule has 1 N–H and O–H groups in total. The van der Waals surface area contributed by atoms with Crippen LogP contribution in [0.3, 0.4) is 0 Å². The van der Waals surface area contributed by atoms with Crippen molar-refractivity contribution < 1.29 is 4.74 Å². The van der Waals surface area contributed by atoms with Gasteiger partial charge in [-0.1, -0.05) is 50.1 Å². The van der Waals surface area contributed by atoms with Crippen molar-refractivity contribution >= 4 is 49.0 Å². The molecule has 9 heteroatoms. The first-order valence-corrected chi connectivity index (χ1v) is 13.0. The smallest absolute Gasteiger partial charge is 0.349 e. The van der Waals surface area contributed by atoms with E-state index in [9.17, 15) is 9.59 Å². The normalized spacial score (nSPS) is 11.5. The Kier molecular flexibility index (Phi) is 6.99. The third-order valence-electron chi connectivity index (χ3n) is 6.07. The van der Waals surface area contributed by atoms with Gasteiger partial charge in [0.05, 0.1) is 17.1 Å². The zero-order chi connectivity index (χ0) is 26.1. The van der Waals surface area contributed by atoms with Crippen molar-refractivity contribution in [3.63, 3.8) is 0 Å². The van der Waals surface area contributed by atoms with E-state index >= 15 is 0 Å². The average molecular weight is 622 g/mol. The predicted octanol–water partition coefficient (Wildman–Crippen LogP) is 6.08. The Labute approximate surface area is 229 Å². The minimum atomic E-state index is -0.584. The van der Waals surface area contributed by atoms with Gasteiger partial charge in [-0.25, -0.2) is 4.79 Å². The number of hydrogen-bond donors (Lipinski definition) is 1. The molecule has 2 aromatic heterocycles. The van der Waals surface area contributed by atoms with E-state index in [1.807, 2.05) is 62.4 Å². The van der Waals surface area contributed by atoms with Gasteiger partial charge in [-0.2, -0.15) is 5.10 Å². The summed E-state index contributed by atoms with van der Waals surface area (Å²) in [7, 11) is 0. The fraction of sp³-hybridized carbons (Fsp3) is 0.107. The van der Waals surface area contributed by atoms with Crippen molar-refractivity contribution in [1.29, 1.82) is 0 Å². The molecule has 0 aliphatic carbocycles. The molecule has 0 aliphatic rings. The van der Waals surface area contributed by atoms with Gasteiger partial charge in [0.1, 0.15) is 12.4 Å². The second-order valence-corrected chi connectivity index (χ2v) is 10.3. The van der Waals surface area contributed by atoms with E-state index in [4.69, 9.17) is 4.74 Å². The van der Waals surface area contributed by atoms with E-state index < -0.39 is 11.2 Å². The molecule has 0 bridgehead atoms. The third-order valence-corrected chi connectivity index (χ3v) is 7.30. The standard InChI is InChI=1S/C28H22Br2N4O3/c1-17-13-20(15-31-34-27(35)24-5-3-4-6-26(24)32-28(34)36)18(2)33(17)22-9-11-23(12-10-22)37-16-19-7-8-21(29)14-25(19)30/h3-15H,16H2,1-2H3,(H,32,36). The summed E-state index contributed by atoms with van der Waals surface area (Å²) in [6, 6.07) is 22.7. The number of hydrogen-bond acceptors (Lipinski definition) is 4. The van der Waals surface area contributed by atoms with Gasteiger partial charge in [-0.15, -0.1) is 4.68 Å². The Hall–Kier alpha value is -3.69. The number of aromatic amines is 1. The maximum atomic E-state index is 12.8. The number of aryl methyl sites for hydroxylation is 1. The molecule has 0 radical (unpaired) electrons. The highest BCUT2D eigenvalue weighted by Gasteiger charge is 2.11. The Bertz CT molecular complexity index is 1770. The lowest BCUT2D eigenvalue weighted by Crippen LogP contribution is -2.32. The van der Waals surface area contributed by atoms with Crippen molar-refractivity contribution in [3.8, 4) is 11.4 Å². The van der Waals surface area contributed by atoms with Crippen LogP contribution in [-0.2, 0) is 6.61 Å². The molecule has 2 heterocycles. The Balaban J connectivity index is 1.38. The summed E-state index contributed by atoms with van der Waals surface area (Å²) in [6.07, 6.45) is 1.54. The summed E-state index contributed by atoms with van der Waals surface area (Å²) in [5.74, 6) is 0.762. The van der Waals surface area contributed by atoms with Gasteiger partial charge in [-0.3, -0.25) is 4.79 Å². The molecule has 186 valence electrons. The van der Waals surface area contributed by atoms with E-state index in [1.165, 1.54) is 6.21 Å². The number of aromatic nitrogens is 3. The minimum absolute atomic E-state index is 0.402. The average Bonchev–Trinajstić information content (AvgIpc) is 3.16. The highest BCUT2D eigenvalue weighted by Crippen LogP contribution is 2.25. The van der Waals surface area contributed by atoms with Crippen LogP contribution in [0, 0.1) is 13.8 Å². The molecule has 3 aromatic carbocycles. The van der Waals surface area contributed by atoms with Gasteiger partial charge >= 0.3 is 5.69 Å². The summed E-state index contributed by atoms with van der Waals surface area (Å²) in [5.41, 5.74) is 4.18. The van der Waals surface area contributed by atoms with Crippen LogP contribution in [0.15, 0.2) is 96.4 Å². The molecule has 0 saturated carbocycles. The molecule has 0 spiro atoms. The number of benzene rings is 3. The SMILES string of the molecule is Cc1cc(C=Nn2c(=O)[nH]c3ccccc3c2=O)c(C)n1-c1ccc(OCc2ccc(Br)cc2Br)cc1. The van der Waals surface area contributed by atoms with Crippen LogP contribution in [0.5, 0.6) is 5.75 Å². The van der Waals surface area contributed by atoms with Crippen LogP contribution in [-0.4, -0.2) is 20.4 Å². The molecule has 5 aromatic rings. The summed E-state index contributed by atoms with van der Waals surface area (Å²) >= 11 is 7.03. The van der Waals surface area contributed by atoms with E-state index in [0.717, 1.165) is 47.6 Å². The van der Waals surface area contributed by atoms with E-state index in [2.05, 4.69) is 46.5 Å². The van der Waals surface area contributed by atoms with Crippen LogP contribution in [0.25, 0.3) is 16.6 Å². The number of nitrogens with zero attached hydrogens (tertiary/aromatic N) is 3. The van der Waals surface area contributed by atoms with Crippen molar-refractivity contribution in [2.45, 2.75) is 20.5 Å². The zero-order valence-corrected chi connectivity index (χ0v) is 23.2. The predicted molar refractivity (Wildman–Crippen MR) is 153 cm³/mol. The van der Waals surface area contributed by atoms with Gasteiger partial charge in [0, 0.05) is 37.1 Å². The highest BCUT2D eigenvalue weighted by molar-refractivity contribution is 9.11.